The fourth-order valence-corrected chi connectivity index (χ4v) is 2.94. The third-order valence-electron chi connectivity index (χ3n) is 3.61. The number of aromatic nitrogens is 1. The van der Waals surface area contributed by atoms with Crippen molar-refractivity contribution in [3.63, 3.8) is 0 Å². The second kappa shape index (κ2) is 4.28. The summed E-state index contributed by atoms with van der Waals surface area (Å²) >= 11 is 5.78. The molecular weight excluding hydrogens is 252 g/mol. The van der Waals surface area contributed by atoms with Crippen molar-refractivity contribution in [1.29, 1.82) is 0 Å². The van der Waals surface area contributed by atoms with E-state index < -0.39 is 0 Å². The van der Waals surface area contributed by atoms with E-state index in [0.29, 0.717) is 5.15 Å². The Morgan fingerprint density at radius 1 is 1.50 bits per heavy atom. The molecule has 5 heteroatoms. The molecule has 94 valence electrons. The van der Waals surface area contributed by atoms with Gasteiger partial charge in [-0.25, -0.2) is 9.78 Å². The van der Waals surface area contributed by atoms with Crippen LogP contribution in [0.4, 0.5) is 4.79 Å². The number of methoxy groups -OCH3 is 1. The van der Waals surface area contributed by atoms with Crippen LogP contribution < -0.4 is 0 Å². The Morgan fingerprint density at radius 3 is 3.00 bits per heavy atom. The first kappa shape index (κ1) is 11.5. The van der Waals surface area contributed by atoms with E-state index in [1.54, 1.807) is 12.3 Å². The number of pyridine rings is 1. The summed E-state index contributed by atoms with van der Waals surface area (Å²) in [6.07, 6.45) is 5.62. The van der Waals surface area contributed by atoms with E-state index in [4.69, 9.17) is 16.3 Å². The lowest BCUT2D eigenvalue weighted by Crippen LogP contribution is -2.36. The molecule has 2 aliphatic heterocycles. The molecule has 1 aromatic rings. The van der Waals surface area contributed by atoms with E-state index in [0.717, 1.165) is 24.0 Å². The molecule has 4 nitrogen and oxygen atoms in total. The number of halogens is 1. The molecule has 1 amide bonds. The van der Waals surface area contributed by atoms with E-state index in [-0.39, 0.29) is 18.2 Å². The molecule has 0 radical (unpaired) electrons. The maximum Gasteiger partial charge on any atom is 0.410 e. The van der Waals surface area contributed by atoms with Crippen LogP contribution in [0.3, 0.4) is 0 Å². The van der Waals surface area contributed by atoms with Crippen LogP contribution in [0.25, 0.3) is 5.57 Å². The molecule has 0 saturated carbocycles. The molecule has 2 bridgehead atoms. The average molecular weight is 265 g/mol. The SMILES string of the molecule is COC(=O)N1[C@@H]2C=C(c3ccc(Cl)nc3)[C@H]1CC2. The highest BCUT2D eigenvalue weighted by molar-refractivity contribution is 6.29. The molecule has 0 unspecified atom stereocenters. The molecule has 1 aromatic heterocycles. The van der Waals surface area contributed by atoms with E-state index in [1.165, 1.54) is 7.11 Å². The summed E-state index contributed by atoms with van der Waals surface area (Å²) in [5.74, 6) is 0. The Kier molecular flexibility index (Phi) is 2.74. The van der Waals surface area contributed by atoms with Crippen LogP contribution in [-0.2, 0) is 4.74 Å². The lowest BCUT2D eigenvalue weighted by molar-refractivity contribution is 0.121. The molecule has 3 heterocycles. The number of hydrogen-bond donors (Lipinski definition) is 0. The van der Waals surface area contributed by atoms with Gasteiger partial charge in [-0.05, 0) is 30.0 Å². The molecule has 2 aliphatic rings. The summed E-state index contributed by atoms with van der Waals surface area (Å²) in [6, 6.07) is 3.99. The molecule has 0 aromatic carbocycles. The molecule has 3 rings (SSSR count). The van der Waals surface area contributed by atoms with Gasteiger partial charge in [-0.15, -0.1) is 0 Å². The smallest absolute Gasteiger partial charge is 0.410 e. The van der Waals surface area contributed by atoms with Crippen molar-refractivity contribution < 1.29 is 9.53 Å². The maximum absolute atomic E-state index is 11.7. The van der Waals surface area contributed by atoms with Crippen LogP contribution in [0.2, 0.25) is 5.15 Å². The number of ether oxygens (including phenoxy) is 1. The summed E-state index contributed by atoms with van der Waals surface area (Å²) in [5, 5.41) is 0.479. The molecule has 0 aliphatic carbocycles. The molecule has 1 fully saturated rings. The zero-order valence-corrected chi connectivity index (χ0v) is 10.7. The van der Waals surface area contributed by atoms with Crippen molar-refractivity contribution in [1.82, 2.24) is 9.88 Å². The van der Waals surface area contributed by atoms with Gasteiger partial charge in [0.05, 0.1) is 19.2 Å². The third kappa shape index (κ3) is 1.68. The quantitative estimate of drug-likeness (QED) is 0.733. The predicted octanol–water partition coefficient (Wildman–Crippen LogP) is 2.73. The summed E-state index contributed by atoms with van der Waals surface area (Å²) in [4.78, 5) is 17.6. The topological polar surface area (TPSA) is 42.4 Å². The number of rotatable bonds is 1. The highest BCUT2D eigenvalue weighted by Crippen LogP contribution is 2.41. The molecule has 0 N–H and O–H groups in total. The predicted molar refractivity (Wildman–Crippen MR) is 68.3 cm³/mol. The van der Waals surface area contributed by atoms with Crippen LogP contribution >= 0.6 is 11.6 Å². The number of carbonyl (C=O) groups excluding carboxylic acids is 1. The van der Waals surface area contributed by atoms with Gasteiger partial charge in [0, 0.05) is 6.20 Å². The molecule has 2 atom stereocenters. The molecule has 18 heavy (non-hydrogen) atoms. The Hall–Kier alpha value is -1.55. The first-order valence-electron chi connectivity index (χ1n) is 5.90. The van der Waals surface area contributed by atoms with Crippen LogP contribution in [0.1, 0.15) is 18.4 Å². The first-order valence-corrected chi connectivity index (χ1v) is 6.28. The van der Waals surface area contributed by atoms with Crippen LogP contribution in [0, 0.1) is 0 Å². The number of hydrogen-bond acceptors (Lipinski definition) is 3. The lowest BCUT2D eigenvalue weighted by atomic mass is 9.94. The van der Waals surface area contributed by atoms with Gasteiger partial charge < -0.3 is 4.74 Å². The van der Waals surface area contributed by atoms with Gasteiger partial charge in [0.2, 0.25) is 0 Å². The fourth-order valence-electron chi connectivity index (χ4n) is 2.83. The summed E-state index contributed by atoms with van der Waals surface area (Å²) in [5.41, 5.74) is 2.18. The first-order chi connectivity index (χ1) is 8.70. The highest BCUT2D eigenvalue weighted by atomic mass is 35.5. The highest BCUT2D eigenvalue weighted by Gasteiger charge is 2.44. The van der Waals surface area contributed by atoms with Gasteiger partial charge in [0.1, 0.15) is 5.15 Å². The van der Waals surface area contributed by atoms with Crippen molar-refractivity contribution in [2.24, 2.45) is 0 Å². The van der Waals surface area contributed by atoms with Gasteiger partial charge in [-0.2, -0.15) is 0 Å². The second-order valence-corrected chi connectivity index (χ2v) is 4.92. The molecule has 0 spiro atoms. The Balaban J connectivity index is 1.90. The lowest BCUT2D eigenvalue weighted by Gasteiger charge is -2.22. The van der Waals surface area contributed by atoms with Crippen LogP contribution in [-0.4, -0.2) is 35.2 Å². The van der Waals surface area contributed by atoms with Crippen molar-refractivity contribution >= 4 is 23.3 Å². The van der Waals surface area contributed by atoms with Crippen LogP contribution in [0.5, 0.6) is 0 Å². The van der Waals surface area contributed by atoms with Crippen molar-refractivity contribution in [2.75, 3.05) is 7.11 Å². The van der Waals surface area contributed by atoms with Gasteiger partial charge in [0.15, 0.2) is 0 Å². The second-order valence-electron chi connectivity index (χ2n) is 4.53. The number of fused-ring (bicyclic) bond motifs is 2. The monoisotopic (exact) mass is 264 g/mol. The Morgan fingerprint density at radius 2 is 2.33 bits per heavy atom. The van der Waals surface area contributed by atoms with Gasteiger partial charge in [0.25, 0.3) is 0 Å². The minimum atomic E-state index is -0.254. The molecule has 1 saturated heterocycles. The van der Waals surface area contributed by atoms with E-state index in [9.17, 15) is 4.79 Å². The zero-order chi connectivity index (χ0) is 12.7. The Labute approximate surface area is 110 Å². The van der Waals surface area contributed by atoms with Crippen LogP contribution in [0.15, 0.2) is 24.4 Å². The maximum atomic E-state index is 11.7. The van der Waals surface area contributed by atoms with Gasteiger partial charge in [-0.3, -0.25) is 4.90 Å². The van der Waals surface area contributed by atoms with Gasteiger partial charge in [-0.1, -0.05) is 23.7 Å². The van der Waals surface area contributed by atoms with Crippen molar-refractivity contribution in [3.05, 3.63) is 35.1 Å². The zero-order valence-electron chi connectivity index (χ0n) is 9.97. The van der Waals surface area contributed by atoms with E-state index >= 15 is 0 Å². The standard InChI is InChI=1S/C13H13ClN2O2/c1-18-13(17)16-9-3-4-11(16)10(6-9)8-2-5-12(14)15-7-8/h2,5-7,9,11H,3-4H2,1H3/t9-,11+/m0/s1. The number of amides is 1. The number of nitrogens with zero attached hydrogens (tertiary/aromatic N) is 2. The van der Waals surface area contributed by atoms with E-state index in [1.807, 2.05) is 11.0 Å². The molecular formula is C13H13ClN2O2. The van der Waals surface area contributed by atoms with E-state index in [2.05, 4.69) is 11.1 Å². The number of carbonyl (C=O) groups is 1. The van der Waals surface area contributed by atoms with Crippen molar-refractivity contribution in [3.8, 4) is 0 Å². The van der Waals surface area contributed by atoms with Gasteiger partial charge >= 0.3 is 6.09 Å². The minimum absolute atomic E-state index is 0.116. The third-order valence-corrected chi connectivity index (χ3v) is 3.83. The fraction of sp³-hybridized carbons (Fsp3) is 0.385. The summed E-state index contributed by atoms with van der Waals surface area (Å²) in [7, 11) is 1.42. The van der Waals surface area contributed by atoms with Crippen molar-refractivity contribution in [2.45, 2.75) is 24.9 Å². The summed E-state index contributed by atoms with van der Waals surface area (Å²) in [6.45, 7) is 0. The normalized spacial score (nSPS) is 25.2. The Bertz CT molecular complexity index is 512. The summed E-state index contributed by atoms with van der Waals surface area (Å²) < 4.78 is 4.84. The minimum Gasteiger partial charge on any atom is -0.453 e. The average Bonchev–Trinajstić information content (AvgIpc) is 2.96. The largest absolute Gasteiger partial charge is 0.453 e.